The van der Waals surface area contributed by atoms with Crippen LogP contribution in [0, 0.1) is 5.82 Å². The van der Waals surface area contributed by atoms with E-state index >= 15 is 0 Å². The molecule has 0 spiro atoms. The van der Waals surface area contributed by atoms with Gasteiger partial charge in [-0.1, -0.05) is 19.9 Å². The van der Waals surface area contributed by atoms with Gasteiger partial charge in [-0.2, -0.15) is 0 Å². The Kier molecular flexibility index (Phi) is 6.31. The van der Waals surface area contributed by atoms with E-state index in [1.165, 1.54) is 6.07 Å². The van der Waals surface area contributed by atoms with Gasteiger partial charge in [0.2, 0.25) is 0 Å². The average Bonchev–Trinajstić information content (AvgIpc) is 2.94. The molecule has 1 aromatic rings. The van der Waals surface area contributed by atoms with Crippen LogP contribution in [0.25, 0.3) is 0 Å². The molecule has 5 heteroatoms. The normalized spacial score (nSPS) is 17.9. The molecule has 1 aromatic carbocycles. The summed E-state index contributed by atoms with van der Waals surface area (Å²) in [5.41, 5.74) is 1.48. The third kappa shape index (κ3) is 5.62. The second kappa shape index (κ2) is 8.07. The summed E-state index contributed by atoms with van der Waals surface area (Å²) >= 11 is 0. The number of hydrogen-bond acceptors (Lipinski definition) is 3. The van der Waals surface area contributed by atoms with Gasteiger partial charge < -0.3 is 15.0 Å². The second-order valence-electron chi connectivity index (χ2n) is 8.07. The topological polar surface area (TPSA) is 41.6 Å². The maximum atomic E-state index is 13.6. The highest BCUT2D eigenvalue weighted by atomic mass is 19.1. The number of amides is 1. The van der Waals surface area contributed by atoms with Crippen LogP contribution in [0.15, 0.2) is 18.2 Å². The summed E-state index contributed by atoms with van der Waals surface area (Å²) in [6.07, 6.45) is 2.58. The Morgan fingerprint density at radius 1 is 1.44 bits per heavy atom. The number of hydrogen-bond donors (Lipinski definition) is 1. The Balaban J connectivity index is 0.00000338. The quantitative estimate of drug-likeness (QED) is 0.772. The first-order valence-electron chi connectivity index (χ1n) is 9.20. The first-order chi connectivity index (χ1) is 11.7. The summed E-state index contributed by atoms with van der Waals surface area (Å²) < 4.78 is 19.1. The third-order valence-corrected chi connectivity index (χ3v) is 4.44. The fourth-order valence-corrected chi connectivity index (χ4v) is 3.26. The highest BCUT2D eigenvalue weighted by Crippen LogP contribution is 2.26. The van der Waals surface area contributed by atoms with Gasteiger partial charge in [0.05, 0.1) is 0 Å². The van der Waals surface area contributed by atoms with Crippen LogP contribution in [0.4, 0.5) is 14.9 Å². The number of likely N-dealkylation sites (tertiary alicyclic amines) is 1. The molecule has 0 bridgehead atoms. The van der Waals surface area contributed by atoms with E-state index in [4.69, 9.17) is 4.74 Å². The standard InChI is InChI=1S/C20H31FN2O2.H2/c1-14(2)17-9-8-15(21)13-18(17)22-11-10-16-7-6-12-23(16)19(24)25-20(3,4)5;/h8-9,13-14,16,22H,6-7,10-12H2,1-5H3;1H. The number of halogens is 1. The van der Waals surface area contributed by atoms with Crippen molar-refractivity contribution in [3.05, 3.63) is 29.6 Å². The molecule has 4 nitrogen and oxygen atoms in total. The zero-order valence-corrected chi connectivity index (χ0v) is 16.1. The fraction of sp³-hybridized carbons (Fsp3) is 0.650. The van der Waals surface area contributed by atoms with E-state index in [1.54, 1.807) is 6.07 Å². The van der Waals surface area contributed by atoms with Crippen molar-refractivity contribution in [2.24, 2.45) is 0 Å². The molecule has 1 aliphatic rings. The predicted octanol–water partition coefficient (Wildman–Crippen LogP) is 5.40. The number of benzene rings is 1. The predicted molar refractivity (Wildman–Crippen MR) is 102 cm³/mol. The lowest BCUT2D eigenvalue weighted by Gasteiger charge is -2.28. The Hall–Kier alpha value is -1.78. The van der Waals surface area contributed by atoms with E-state index in [2.05, 4.69) is 19.2 Å². The van der Waals surface area contributed by atoms with Crippen LogP contribution in [0.2, 0.25) is 0 Å². The van der Waals surface area contributed by atoms with Crippen molar-refractivity contribution in [1.29, 1.82) is 0 Å². The van der Waals surface area contributed by atoms with E-state index in [1.807, 2.05) is 31.7 Å². The fourth-order valence-electron chi connectivity index (χ4n) is 3.26. The molecule has 1 N–H and O–H groups in total. The van der Waals surface area contributed by atoms with Crippen molar-refractivity contribution < 1.29 is 15.3 Å². The number of carbonyl (C=O) groups excluding carboxylic acids is 1. The van der Waals surface area contributed by atoms with Gasteiger partial charge in [-0.25, -0.2) is 9.18 Å². The molecule has 1 amide bonds. The lowest BCUT2D eigenvalue weighted by Crippen LogP contribution is -2.40. The molecule has 0 radical (unpaired) electrons. The van der Waals surface area contributed by atoms with Crippen molar-refractivity contribution >= 4 is 11.8 Å². The van der Waals surface area contributed by atoms with Crippen LogP contribution in [-0.2, 0) is 4.74 Å². The minimum Gasteiger partial charge on any atom is -0.444 e. The molecule has 25 heavy (non-hydrogen) atoms. The molecule has 142 valence electrons. The highest BCUT2D eigenvalue weighted by molar-refractivity contribution is 5.69. The average molecular weight is 352 g/mol. The first kappa shape index (κ1) is 19.5. The zero-order valence-electron chi connectivity index (χ0n) is 16.1. The summed E-state index contributed by atoms with van der Waals surface area (Å²) in [5.74, 6) is 0.0935. The molecule has 1 unspecified atom stereocenters. The lowest BCUT2D eigenvalue weighted by atomic mass is 10.0. The molecule has 1 heterocycles. The van der Waals surface area contributed by atoms with Gasteiger partial charge in [-0.15, -0.1) is 0 Å². The summed E-state index contributed by atoms with van der Waals surface area (Å²) in [5, 5.41) is 3.35. The monoisotopic (exact) mass is 352 g/mol. The van der Waals surface area contributed by atoms with E-state index < -0.39 is 5.60 Å². The van der Waals surface area contributed by atoms with Gasteiger partial charge >= 0.3 is 6.09 Å². The molecule has 1 atom stereocenters. The van der Waals surface area contributed by atoms with Crippen LogP contribution >= 0.6 is 0 Å². The van der Waals surface area contributed by atoms with Gasteiger partial charge in [0.15, 0.2) is 0 Å². The van der Waals surface area contributed by atoms with Gasteiger partial charge in [0.1, 0.15) is 11.4 Å². The number of rotatable bonds is 5. The second-order valence-corrected chi connectivity index (χ2v) is 8.07. The molecule has 0 aliphatic carbocycles. The van der Waals surface area contributed by atoms with Crippen LogP contribution < -0.4 is 5.32 Å². The van der Waals surface area contributed by atoms with Gasteiger partial charge in [0, 0.05) is 26.2 Å². The van der Waals surface area contributed by atoms with Crippen LogP contribution in [0.3, 0.4) is 0 Å². The van der Waals surface area contributed by atoms with Crippen molar-refractivity contribution in [3.8, 4) is 0 Å². The maximum absolute atomic E-state index is 13.6. The molecule has 0 saturated carbocycles. The van der Waals surface area contributed by atoms with Crippen molar-refractivity contribution in [1.82, 2.24) is 4.90 Å². The van der Waals surface area contributed by atoms with Gasteiger partial charge in [-0.3, -0.25) is 0 Å². The molecule has 1 aliphatic heterocycles. The van der Waals surface area contributed by atoms with Crippen LogP contribution in [-0.4, -0.2) is 35.7 Å². The molecule has 1 saturated heterocycles. The Morgan fingerprint density at radius 3 is 2.80 bits per heavy atom. The number of anilines is 1. The largest absolute Gasteiger partial charge is 0.444 e. The molecule has 0 aromatic heterocycles. The minimum absolute atomic E-state index is 0. The van der Waals surface area contributed by atoms with Crippen LogP contribution in [0.5, 0.6) is 0 Å². The van der Waals surface area contributed by atoms with Crippen molar-refractivity contribution in [2.75, 3.05) is 18.4 Å². The molecular formula is C20H33FN2O2. The van der Waals surface area contributed by atoms with E-state index in [-0.39, 0.29) is 19.4 Å². The number of ether oxygens (including phenoxy) is 1. The first-order valence-corrected chi connectivity index (χ1v) is 9.20. The van der Waals surface area contributed by atoms with E-state index in [0.717, 1.165) is 37.1 Å². The summed E-state index contributed by atoms with van der Waals surface area (Å²) in [4.78, 5) is 14.2. The van der Waals surface area contributed by atoms with Gasteiger partial charge in [0.25, 0.3) is 0 Å². The molecule has 1 fully saturated rings. The Labute approximate surface area is 152 Å². The Bertz CT molecular complexity index is 602. The van der Waals surface area contributed by atoms with E-state index in [0.29, 0.717) is 12.5 Å². The number of carbonyl (C=O) groups is 1. The summed E-state index contributed by atoms with van der Waals surface area (Å²) in [6.45, 7) is 11.3. The van der Waals surface area contributed by atoms with Gasteiger partial charge in [-0.05, 0) is 63.6 Å². The Morgan fingerprint density at radius 2 is 2.16 bits per heavy atom. The summed E-state index contributed by atoms with van der Waals surface area (Å²) in [6, 6.07) is 5.07. The lowest BCUT2D eigenvalue weighted by molar-refractivity contribution is 0.0223. The number of nitrogens with zero attached hydrogens (tertiary/aromatic N) is 1. The zero-order chi connectivity index (χ0) is 18.6. The molecule has 2 rings (SSSR count). The third-order valence-electron chi connectivity index (χ3n) is 4.44. The summed E-state index contributed by atoms with van der Waals surface area (Å²) in [7, 11) is 0. The van der Waals surface area contributed by atoms with Crippen molar-refractivity contribution in [3.63, 3.8) is 0 Å². The smallest absolute Gasteiger partial charge is 0.410 e. The maximum Gasteiger partial charge on any atom is 0.410 e. The van der Waals surface area contributed by atoms with Crippen LogP contribution in [0.1, 0.15) is 66.8 Å². The molecular weight excluding hydrogens is 319 g/mol. The SMILES string of the molecule is CC(C)c1ccc(F)cc1NCCC1CCCN1C(=O)OC(C)(C)C.[HH]. The van der Waals surface area contributed by atoms with Crippen molar-refractivity contribution in [2.45, 2.75) is 71.4 Å². The van der Waals surface area contributed by atoms with E-state index in [9.17, 15) is 9.18 Å². The number of nitrogens with one attached hydrogen (secondary N) is 1. The minimum atomic E-state index is -0.476. The highest BCUT2D eigenvalue weighted by Gasteiger charge is 2.31.